The van der Waals surface area contributed by atoms with Gasteiger partial charge in [-0.3, -0.25) is 9.59 Å². The van der Waals surface area contributed by atoms with Crippen LogP contribution in [-0.4, -0.2) is 68.0 Å². The van der Waals surface area contributed by atoms with E-state index >= 15 is 0 Å². The van der Waals surface area contributed by atoms with Gasteiger partial charge in [-0.25, -0.2) is 0 Å². The van der Waals surface area contributed by atoms with E-state index < -0.39 is 6.04 Å². The smallest absolute Gasteiger partial charge is 0.246 e. The second-order valence-corrected chi connectivity index (χ2v) is 4.59. The van der Waals surface area contributed by atoms with Crippen LogP contribution in [-0.2, 0) is 19.1 Å². The molecule has 1 heterocycles. The summed E-state index contributed by atoms with van der Waals surface area (Å²) in [6.45, 7) is 2.32. The molecule has 0 aromatic carbocycles. The molecule has 18 heavy (non-hydrogen) atoms. The third-order valence-electron chi connectivity index (χ3n) is 2.99. The van der Waals surface area contributed by atoms with Gasteiger partial charge in [-0.1, -0.05) is 0 Å². The van der Waals surface area contributed by atoms with Crippen LogP contribution in [0.5, 0.6) is 0 Å². The maximum absolute atomic E-state index is 12.2. The van der Waals surface area contributed by atoms with Crippen molar-refractivity contribution in [3.63, 3.8) is 0 Å². The molecule has 1 fully saturated rings. The summed E-state index contributed by atoms with van der Waals surface area (Å²) < 4.78 is 10.5. The molecule has 1 aliphatic heterocycles. The quantitative estimate of drug-likeness (QED) is 0.651. The molecule has 2 amide bonds. The van der Waals surface area contributed by atoms with E-state index in [0.717, 1.165) is 0 Å². The molecule has 6 nitrogen and oxygen atoms in total. The van der Waals surface area contributed by atoms with E-state index in [4.69, 9.17) is 9.47 Å². The minimum atomic E-state index is -0.598. The largest absolute Gasteiger partial charge is 0.377 e. The number of methoxy groups -OCH3 is 2. The fraction of sp³-hybridized carbons (Fsp3) is 0.818. The molecule has 1 saturated heterocycles. The highest BCUT2D eigenvalue weighted by molar-refractivity contribution is 7.80. The van der Waals surface area contributed by atoms with Gasteiger partial charge in [0.25, 0.3) is 0 Å². The number of carbonyl (C=O) groups excluding carboxylic acids is 2. The number of amides is 2. The number of thiol groups is 1. The van der Waals surface area contributed by atoms with Crippen LogP contribution in [0.3, 0.4) is 0 Å². The molecule has 3 unspecified atom stereocenters. The number of hydrogen-bond donors (Lipinski definition) is 2. The van der Waals surface area contributed by atoms with Gasteiger partial charge < -0.3 is 19.7 Å². The van der Waals surface area contributed by atoms with Crippen molar-refractivity contribution in [2.75, 3.05) is 33.1 Å². The molecular weight excluding hydrogens is 256 g/mol. The molecule has 0 saturated carbocycles. The molecule has 0 aromatic heterocycles. The van der Waals surface area contributed by atoms with Crippen LogP contribution in [0.1, 0.15) is 6.92 Å². The number of hydrogen-bond acceptors (Lipinski definition) is 5. The molecule has 1 N–H and O–H groups in total. The lowest BCUT2D eigenvalue weighted by Gasteiger charge is -2.22. The highest BCUT2D eigenvalue weighted by atomic mass is 32.1. The van der Waals surface area contributed by atoms with Gasteiger partial charge in [0.05, 0.1) is 0 Å². The van der Waals surface area contributed by atoms with Gasteiger partial charge in [0, 0.05) is 40.0 Å². The Hall–Kier alpha value is -0.790. The van der Waals surface area contributed by atoms with E-state index in [2.05, 4.69) is 17.9 Å². The molecule has 0 spiro atoms. The Balaban J connectivity index is 2.64. The van der Waals surface area contributed by atoms with Crippen LogP contribution in [0.15, 0.2) is 0 Å². The lowest BCUT2D eigenvalue weighted by molar-refractivity contribution is -0.135. The number of nitrogens with one attached hydrogen (secondary N) is 1. The lowest BCUT2D eigenvalue weighted by atomic mass is 10.3. The normalized spacial score (nSPS) is 25.0. The van der Waals surface area contributed by atoms with Gasteiger partial charge in [-0.15, -0.1) is 0 Å². The molecule has 1 aliphatic rings. The van der Waals surface area contributed by atoms with E-state index in [1.807, 2.05) is 0 Å². The van der Waals surface area contributed by atoms with Crippen LogP contribution < -0.4 is 5.32 Å². The monoisotopic (exact) mass is 276 g/mol. The minimum absolute atomic E-state index is 0.128. The van der Waals surface area contributed by atoms with Gasteiger partial charge in [0.1, 0.15) is 18.2 Å². The van der Waals surface area contributed by atoms with Crippen LogP contribution in [0.25, 0.3) is 0 Å². The average molecular weight is 276 g/mol. The van der Waals surface area contributed by atoms with Gasteiger partial charge in [0.15, 0.2) is 0 Å². The molecule has 3 atom stereocenters. The van der Waals surface area contributed by atoms with Crippen molar-refractivity contribution in [1.29, 1.82) is 0 Å². The predicted octanol–water partition coefficient (Wildman–Crippen LogP) is -0.707. The van der Waals surface area contributed by atoms with E-state index in [0.29, 0.717) is 13.1 Å². The number of likely N-dealkylation sites (tertiary alicyclic amines) is 1. The van der Waals surface area contributed by atoms with Crippen molar-refractivity contribution in [1.82, 2.24) is 10.2 Å². The van der Waals surface area contributed by atoms with Gasteiger partial charge in [0.2, 0.25) is 11.8 Å². The topological polar surface area (TPSA) is 67.9 Å². The third-order valence-corrected chi connectivity index (χ3v) is 3.36. The van der Waals surface area contributed by atoms with Gasteiger partial charge >= 0.3 is 0 Å². The molecule has 7 heteroatoms. The third kappa shape index (κ3) is 3.60. The Morgan fingerprint density at radius 3 is 2.17 bits per heavy atom. The number of nitrogens with zero attached hydrogens (tertiary/aromatic N) is 1. The van der Waals surface area contributed by atoms with Gasteiger partial charge in [-0.05, 0) is 0 Å². The first-order valence-corrected chi connectivity index (χ1v) is 6.39. The van der Waals surface area contributed by atoms with Crippen molar-refractivity contribution < 1.29 is 19.1 Å². The Bertz CT molecular complexity index is 301. The van der Waals surface area contributed by atoms with Crippen molar-refractivity contribution in [2.24, 2.45) is 0 Å². The van der Waals surface area contributed by atoms with Crippen molar-refractivity contribution in [3.05, 3.63) is 0 Å². The summed E-state index contributed by atoms with van der Waals surface area (Å²) in [5, 5.41) is 2.58. The van der Waals surface area contributed by atoms with E-state index in [9.17, 15) is 9.59 Å². The summed E-state index contributed by atoms with van der Waals surface area (Å²) in [5.74, 6) is -0.125. The van der Waals surface area contributed by atoms with Crippen LogP contribution in [0.2, 0.25) is 0 Å². The van der Waals surface area contributed by atoms with E-state index in [1.54, 1.807) is 19.1 Å². The van der Waals surface area contributed by atoms with Gasteiger partial charge in [-0.2, -0.15) is 12.6 Å². The summed E-state index contributed by atoms with van der Waals surface area (Å²) in [6.07, 6.45) is -0.256. The average Bonchev–Trinajstić information content (AvgIpc) is 2.77. The molecular formula is C11H20N2O4S. The lowest BCUT2D eigenvalue weighted by Crippen LogP contribution is -2.48. The maximum atomic E-state index is 12.2. The highest BCUT2D eigenvalue weighted by Gasteiger charge is 2.37. The zero-order valence-electron chi connectivity index (χ0n) is 10.9. The Morgan fingerprint density at radius 1 is 1.33 bits per heavy atom. The summed E-state index contributed by atoms with van der Waals surface area (Å²) in [7, 11) is 3.18. The van der Waals surface area contributed by atoms with E-state index in [1.165, 1.54) is 6.92 Å². The minimum Gasteiger partial charge on any atom is -0.377 e. The predicted molar refractivity (Wildman–Crippen MR) is 69.6 cm³/mol. The first kappa shape index (κ1) is 15.3. The highest BCUT2D eigenvalue weighted by Crippen LogP contribution is 2.16. The summed E-state index contributed by atoms with van der Waals surface area (Å²) in [4.78, 5) is 24.8. The molecule has 1 rings (SSSR count). The van der Waals surface area contributed by atoms with Crippen molar-refractivity contribution in [2.45, 2.75) is 25.2 Å². The standard InChI is InChI=1S/C11H20N2O4S/c1-7(14)12-8(6-18)11(15)13-4-9(16-2)10(5-13)17-3/h8-10,18H,4-6H2,1-3H3,(H,12,14). The fourth-order valence-electron chi connectivity index (χ4n) is 2.03. The number of carbonyl (C=O) groups is 2. The second-order valence-electron chi connectivity index (χ2n) is 4.23. The molecule has 0 radical (unpaired) electrons. The second kappa shape index (κ2) is 6.96. The zero-order chi connectivity index (χ0) is 13.7. The molecule has 0 bridgehead atoms. The zero-order valence-corrected chi connectivity index (χ0v) is 11.8. The first-order chi connectivity index (χ1) is 8.53. The summed E-state index contributed by atoms with van der Waals surface area (Å²) in [5.41, 5.74) is 0. The SMILES string of the molecule is COC1CN(C(=O)C(CS)NC(C)=O)CC1OC. The van der Waals surface area contributed by atoms with E-state index in [-0.39, 0.29) is 29.8 Å². The number of rotatable bonds is 5. The molecule has 104 valence electrons. The van der Waals surface area contributed by atoms with Crippen molar-refractivity contribution >= 4 is 24.4 Å². The first-order valence-electron chi connectivity index (χ1n) is 5.75. The molecule has 0 aliphatic carbocycles. The molecule has 0 aromatic rings. The fourth-order valence-corrected chi connectivity index (χ4v) is 2.28. The Labute approximate surface area is 112 Å². The summed E-state index contributed by atoms with van der Waals surface area (Å²) in [6, 6.07) is -0.598. The van der Waals surface area contributed by atoms with Crippen LogP contribution in [0.4, 0.5) is 0 Å². The maximum Gasteiger partial charge on any atom is 0.246 e. The number of ether oxygens (including phenoxy) is 2. The van der Waals surface area contributed by atoms with Crippen LogP contribution in [0, 0.1) is 0 Å². The Morgan fingerprint density at radius 2 is 1.83 bits per heavy atom. The van der Waals surface area contributed by atoms with Crippen molar-refractivity contribution in [3.8, 4) is 0 Å². The summed E-state index contributed by atoms with van der Waals surface area (Å²) >= 11 is 4.09. The Kier molecular flexibility index (Phi) is 5.90. The van der Waals surface area contributed by atoms with Crippen LogP contribution >= 0.6 is 12.6 Å².